The topological polar surface area (TPSA) is 66.9 Å². The van der Waals surface area contributed by atoms with Crippen LogP contribution in [0.2, 0.25) is 0 Å². The van der Waals surface area contributed by atoms with Crippen LogP contribution in [0.1, 0.15) is 39.5 Å². The zero-order valence-electron chi connectivity index (χ0n) is 11.8. The number of esters is 1. The van der Waals surface area contributed by atoms with Gasteiger partial charge in [0.1, 0.15) is 6.54 Å². The molecule has 7 heteroatoms. The molecule has 0 unspecified atom stereocenters. The van der Waals surface area contributed by atoms with Crippen molar-refractivity contribution in [2.24, 2.45) is 0 Å². The molecule has 1 aliphatic heterocycles. The number of hydrogen-bond donors (Lipinski definition) is 0. The molecule has 0 aromatic carbocycles. The van der Waals surface area contributed by atoms with Crippen molar-refractivity contribution in [3.8, 4) is 0 Å². The van der Waals surface area contributed by atoms with E-state index in [0.717, 1.165) is 19.3 Å². The maximum Gasteiger partial charge on any atom is 0.321 e. The Morgan fingerprint density at radius 1 is 1.21 bits per heavy atom. The predicted molar refractivity (Wildman–Crippen MR) is 72.8 cm³/mol. The minimum Gasteiger partial charge on any atom is -0.465 e. The SMILES string of the molecule is CCCN(CC(=O)OCC)S(=O)(=O)N1CCCCC1. The maximum atomic E-state index is 12.5. The standard InChI is InChI=1S/C12H24N2O4S/c1-3-8-14(11-12(15)18-4-2)19(16,17)13-9-6-5-7-10-13/h3-11H2,1-2H3. The summed E-state index contributed by atoms with van der Waals surface area (Å²) in [4.78, 5) is 11.5. The van der Waals surface area contributed by atoms with Crippen LogP contribution >= 0.6 is 0 Å². The lowest BCUT2D eigenvalue weighted by Gasteiger charge is -2.31. The van der Waals surface area contributed by atoms with Crippen LogP contribution < -0.4 is 0 Å². The number of rotatable bonds is 7. The summed E-state index contributed by atoms with van der Waals surface area (Å²) in [5.41, 5.74) is 0. The Morgan fingerprint density at radius 3 is 2.37 bits per heavy atom. The molecule has 0 N–H and O–H groups in total. The zero-order valence-corrected chi connectivity index (χ0v) is 12.6. The van der Waals surface area contributed by atoms with Crippen LogP contribution in [0.3, 0.4) is 0 Å². The summed E-state index contributed by atoms with van der Waals surface area (Å²) in [6.07, 6.45) is 3.52. The number of nitrogens with zero attached hydrogens (tertiary/aromatic N) is 2. The second kappa shape index (κ2) is 7.81. The average Bonchev–Trinajstić information content (AvgIpc) is 2.39. The molecule has 0 saturated carbocycles. The van der Waals surface area contributed by atoms with Crippen molar-refractivity contribution in [1.82, 2.24) is 8.61 Å². The first-order chi connectivity index (χ1) is 9.02. The molecule has 0 bridgehead atoms. The molecule has 1 rings (SSSR count). The first kappa shape index (κ1) is 16.4. The molecular formula is C12H24N2O4S. The molecule has 0 amide bonds. The number of carbonyl (C=O) groups is 1. The third-order valence-corrected chi connectivity index (χ3v) is 5.03. The van der Waals surface area contributed by atoms with Gasteiger partial charge in [-0.3, -0.25) is 4.79 Å². The summed E-state index contributed by atoms with van der Waals surface area (Å²) in [6, 6.07) is 0. The number of carbonyl (C=O) groups excluding carboxylic acids is 1. The van der Waals surface area contributed by atoms with Gasteiger partial charge in [-0.2, -0.15) is 17.0 Å². The molecule has 0 atom stereocenters. The van der Waals surface area contributed by atoms with Gasteiger partial charge in [-0.05, 0) is 26.2 Å². The number of ether oxygens (including phenoxy) is 1. The van der Waals surface area contributed by atoms with Gasteiger partial charge in [0.2, 0.25) is 0 Å². The monoisotopic (exact) mass is 292 g/mol. The summed E-state index contributed by atoms with van der Waals surface area (Å²) in [7, 11) is -3.53. The smallest absolute Gasteiger partial charge is 0.321 e. The fraction of sp³-hybridized carbons (Fsp3) is 0.917. The fourth-order valence-electron chi connectivity index (χ4n) is 2.13. The highest BCUT2D eigenvalue weighted by molar-refractivity contribution is 7.86. The Bertz CT molecular complexity index is 377. The van der Waals surface area contributed by atoms with Gasteiger partial charge in [0.25, 0.3) is 10.2 Å². The van der Waals surface area contributed by atoms with E-state index in [9.17, 15) is 13.2 Å². The van der Waals surface area contributed by atoms with Gasteiger partial charge >= 0.3 is 5.97 Å². The van der Waals surface area contributed by atoms with Crippen molar-refractivity contribution in [3.05, 3.63) is 0 Å². The lowest BCUT2D eigenvalue weighted by atomic mass is 10.2. The summed E-state index contributed by atoms with van der Waals surface area (Å²) in [5, 5.41) is 0. The van der Waals surface area contributed by atoms with Crippen molar-refractivity contribution in [3.63, 3.8) is 0 Å². The van der Waals surface area contributed by atoms with Gasteiger partial charge in [-0.15, -0.1) is 0 Å². The van der Waals surface area contributed by atoms with Crippen LogP contribution in [0.4, 0.5) is 0 Å². The Kier molecular flexibility index (Phi) is 6.74. The lowest BCUT2D eigenvalue weighted by Crippen LogP contribution is -2.48. The first-order valence-electron chi connectivity index (χ1n) is 6.93. The van der Waals surface area contributed by atoms with Gasteiger partial charge in [0.15, 0.2) is 0 Å². The molecule has 0 aromatic rings. The second-order valence-electron chi connectivity index (χ2n) is 4.61. The van der Waals surface area contributed by atoms with E-state index in [1.165, 1.54) is 8.61 Å². The van der Waals surface area contributed by atoms with Gasteiger partial charge < -0.3 is 4.74 Å². The maximum absolute atomic E-state index is 12.5. The molecule has 0 radical (unpaired) electrons. The van der Waals surface area contributed by atoms with Crippen molar-refractivity contribution in [2.45, 2.75) is 39.5 Å². The van der Waals surface area contributed by atoms with Crippen LogP contribution in [0.5, 0.6) is 0 Å². The van der Waals surface area contributed by atoms with Crippen LogP contribution in [-0.2, 0) is 19.7 Å². The Morgan fingerprint density at radius 2 is 1.84 bits per heavy atom. The summed E-state index contributed by atoms with van der Waals surface area (Å²) >= 11 is 0. The Hall–Kier alpha value is -0.660. The molecule has 1 saturated heterocycles. The van der Waals surface area contributed by atoms with E-state index in [0.29, 0.717) is 26.1 Å². The van der Waals surface area contributed by atoms with Crippen molar-refractivity contribution in [2.75, 3.05) is 32.8 Å². The predicted octanol–water partition coefficient (Wildman–Crippen LogP) is 0.992. The molecule has 0 spiro atoms. The van der Waals surface area contributed by atoms with Crippen LogP contribution in [0.25, 0.3) is 0 Å². The summed E-state index contributed by atoms with van der Waals surface area (Å²) in [6.45, 7) is 5.11. The molecule has 6 nitrogen and oxygen atoms in total. The fourth-order valence-corrected chi connectivity index (χ4v) is 3.86. The van der Waals surface area contributed by atoms with Gasteiger partial charge in [0, 0.05) is 19.6 Å². The first-order valence-corrected chi connectivity index (χ1v) is 8.33. The highest BCUT2D eigenvalue weighted by Gasteiger charge is 2.31. The van der Waals surface area contributed by atoms with E-state index in [1.54, 1.807) is 6.92 Å². The van der Waals surface area contributed by atoms with E-state index in [1.807, 2.05) is 6.92 Å². The number of hydrogen-bond acceptors (Lipinski definition) is 4. The van der Waals surface area contributed by atoms with Gasteiger partial charge in [-0.25, -0.2) is 0 Å². The highest BCUT2D eigenvalue weighted by Crippen LogP contribution is 2.16. The average molecular weight is 292 g/mol. The van der Waals surface area contributed by atoms with E-state index >= 15 is 0 Å². The van der Waals surface area contributed by atoms with E-state index in [4.69, 9.17) is 4.74 Å². The number of piperidine rings is 1. The molecule has 112 valence electrons. The third kappa shape index (κ3) is 4.74. The third-order valence-electron chi connectivity index (χ3n) is 3.05. The van der Waals surface area contributed by atoms with Crippen LogP contribution in [-0.4, -0.2) is 55.8 Å². The van der Waals surface area contributed by atoms with Gasteiger partial charge in [-0.1, -0.05) is 13.3 Å². The minimum absolute atomic E-state index is 0.194. The Labute approximate surface area is 115 Å². The molecule has 1 aliphatic rings. The molecule has 0 aromatic heterocycles. The van der Waals surface area contributed by atoms with Crippen molar-refractivity contribution < 1.29 is 17.9 Å². The lowest BCUT2D eigenvalue weighted by molar-refractivity contribution is -0.143. The van der Waals surface area contributed by atoms with E-state index in [-0.39, 0.29) is 13.2 Å². The summed E-state index contributed by atoms with van der Waals surface area (Å²) < 4.78 is 32.5. The molecule has 1 heterocycles. The zero-order chi connectivity index (χ0) is 14.3. The molecule has 19 heavy (non-hydrogen) atoms. The summed E-state index contributed by atoms with van der Waals surface area (Å²) in [5.74, 6) is -0.489. The van der Waals surface area contributed by atoms with Crippen LogP contribution in [0.15, 0.2) is 0 Å². The quantitative estimate of drug-likeness (QED) is 0.656. The normalized spacial score (nSPS) is 17.6. The molecule has 0 aliphatic carbocycles. The van der Waals surface area contributed by atoms with Gasteiger partial charge in [0.05, 0.1) is 6.61 Å². The van der Waals surface area contributed by atoms with E-state index < -0.39 is 16.2 Å². The molecule has 1 fully saturated rings. The Balaban J connectivity index is 2.74. The minimum atomic E-state index is -3.53. The van der Waals surface area contributed by atoms with E-state index in [2.05, 4.69) is 0 Å². The highest BCUT2D eigenvalue weighted by atomic mass is 32.2. The van der Waals surface area contributed by atoms with Crippen molar-refractivity contribution >= 4 is 16.2 Å². The van der Waals surface area contributed by atoms with Crippen molar-refractivity contribution in [1.29, 1.82) is 0 Å². The molecular weight excluding hydrogens is 268 g/mol. The second-order valence-corrected chi connectivity index (χ2v) is 6.53. The van der Waals surface area contributed by atoms with Crippen LogP contribution in [0, 0.1) is 0 Å². The largest absolute Gasteiger partial charge is 0.465 e.